The van der Waals surface area contributed by atoms with Gasteiger partial charge in [-0.2, -0.15) is 10.2 Å². The summed E-state index contributed by atoms with van der Waals surface area (Å²) in [5, 5.41) is 11.1. The second kappa shape index (κ2) is 7.46. The van der Waals surface area contributed by atoms with Crippen LogP contribution in [0.2, 0.25) is 10.0 Å². The molecule has 5 nitrogen and oxygen atoms in total. The summed E-state index contributed by atoms with van der Waals surface area (Å²) < 4.78 is 13.6. The van der Waals surface area contributed by atoms with Gasteiger partial charge in [0, 0.05) is 11.1 Å². The molecule has 0 saturated carbocycles. The summed E-state index contributed by atoms with van der Waals surface area (Å²) in [5.74, 6) is -1.07. The molecular formula is C17H11Cl2FN4O. The molecule has 1 amide bonds. The average Bonchev–Trinajstić information content (AvgIpc) is 3.08. The number of hydrogen-bond acceptors (Lipinski definition) is 3. The van der Waals surface area contributed by atoms with Gasteiger partial charge in [-0.1, -0.05) is 47.5 Å². The van der Waals surface area contributed by atoms with E-state index in [0.717, 1.165) is 6.21 Å². The molecule has 2 aromatic carbocycles. The number of benzene rings is 2. The van der Waals surface area contributed by atoms with E-state index in [4.69, 9.17) is 23.2 Å². The number of rotatable bonds is 4. The number of hydrazone groups is 1. The number of nitrogens with one attached hydrogen (secondary N) is 2. The first-order valence-corrected chi connectivity index (χ1v) is 7.89. The molecule has 0 aliphatic rings. The summed E-state index contributed by atoms with van der Waals surface area (Å²) in [5.41, 5.74) is 3.78. The Kier molecular flexibility index (Phi) is 5.11. The second-order valence-electron chi connectivity index (χ2n) is 4.98. The number of aromatic amines is 1. The van der Waals surface area contributed by atoms with Crippen molar-refractivity contribution >= 4 is 35.3 Å². The van der Waals surface area contributed by atoms with Gasteiger partial charge in [-0.25, -0.2) is 9.82 Å². The van der Waals surface area contributed by atoms with E-state index in [9.17, 15) is 9.18 Å². The SMILES string of the molecule is O=C(N/N=C\c1c(F)cccc1Cl)c1cc(-c2ccccc2Cl)n[nH]1. The summed E-state index contributed by atoms with van der Waals surface area (Å²) in [6, 6.07) is 12.9. The molecule has 8 heteroatoms. The van der Waals surface area contributed by atoms with E-state index < -0.39 is 11.7 Å². The van der Waals surface area contributed by atoms with Crippen molar-refractivity contribution in [3.8, 4) is 11.3 Å². The summed E-state index contributed by atoms with van der Waals surface area (Å²) in [6.07, 6.45) is 1.14. The van der Waals surface area contributed by atoms with Gasteiger partial charge in [0.2, 0.25) is 0 Å². The lowest BCUT2D eigenvalue weighted by Crippen LogP contribution is -2.18. The van der Waals surface area contributed by atoms with Gasteiger partial charge >= 0.3 is 0 Å². The first kappa shape index (κ1) is 17.1. The summed E-state index contributed by atoms with van der Waals surface area (Å²) >= 11 is 12.0. The molecule has 0 atom stereocenters. The molecule has 0 aliphatic carbocycles. The normalized spacial score (nSPS) is 11.0. The zero-order valence-corrected chi connectivity index (χ0v) is 14.1. The van der Waals surface area contributed by atoms with Crippen LogP contribution in [0.25, 0.3) is 11.3 Å². The molecular weight excluding hydrogens is 366 g/mol. The molecule has 0 aliphatic heterocycles. The molecule has 1 aromatic heterocycles. The monoisotopic (exact) mass is 376 g/mol. The predicted octanol–water partition coefficient (Wildman–Crippen LogP) is 4.29. The average molecular weight is 377 g/mol. The highest BCUT2D eigenvalue weighted by atomic mass is 35.5. The molecule has 25 heavy (non-hydrogen) atoms. The number of nitrogens with zero attached hydrogens (tertiary/aromatic N) is 2. The van der Waals surface area contributed by atoms with E-state index in [-0.39, 0.29) is 16.3 Å². The van der Waals surface area contributed by atoms with Crippen molar-refractivity contribution in [2.75, 3.05) is 0 Å². The Hall–Kier alpha value is -2.70. The number of carbonyl (C=O) groups excluding carboxylic acids is 1. The maximum Gasteiger partial charge on any atom is 0.289 e. The van der Waals surface area contributed by atoms with Crippen LogP contribution in [0.1, 0.15) is 16.1 Å². The van der Waals surface area contributed by atoms with Crippen LogP contribution in [0.15, 0.2) is 53.6 Å². The first-order valence-electron chi connectivity index (χ1n) is 7.14. The maximum atomic E-state index is 13.6. The first-order chi connectivity index (χ1) is 12.1. The van der Waals surface area contributed by atoms with E-state index in [2.05, 4.69) is 20.7 Å². The Bertz CT molecular complexity index is 935. The van der Waals surface area contributed by atoms with Crippen LogP contribution in [0, 0.1) is 5.82 Å². The van der Waals surface area contributed by atoms with Crippen molar-refractivity contribution < 1.29 is 9.18 Å². The molecule has 0 bridgehead atoms. The summed E-state index contributed by atoms with van der Waals surface area (Å²) in [4.78, 5) is 12.1. The summed E-state index contributed by atoms with van der Waals surface area (Å²) in [7, 11) is 0. The number of H-pyrrole nitrogens is 1. The fourth-order valence-corrected chi connectivity index (χ4v) is 2.54. The van der Waals surface area contributed by atoms with Gasteiger partial charge in [0.25, 0.3) is 5.91 Å². The van der Waals surface area contributed by atoms with Gasteiger partial charge in [0.1, 0.15) is 11.5 Å². The van der Waals surface area contributed by atoms with E-state index in [1.807, 2.05) is 6.07 Å². The molecule has 0 radical (unpaired) electrons. The van der Waals surface area contributed by atoms with Crippen LogP contribution in [0.4, 0.5) is 4.39 Å². The van der Waals surface area contributed by atoms with Crippen LogP contribution in [0.5, 0.6) is 0 Å². The third-order valence-electron chi connectivity index (χ3n) is 3.33. The number of halogens is 3. The van der Waals surface area contributed by atoms with Crippen LogP contribution in [-0.4, -0.2) is 22.3 Å². The zero-order valence-electron chi connectivity index (χ0n) is 12.6. The van der Waals surface area contributed by atoms with E-state index >= 15 is 0 Å². The van der Waals surface area contributed by atoms with E-state index in [1.165, 1.54) is 18.2 Å². The molecule has 3 rings (SSSR count). The Morgan fingerprint density at radius 3 is 2.68 bits per heavy atom. The Balaban J connectivity index is 1.73. The lowest BCUT2D eigenvalue weighted by Gasteiger charge is -1.99. The van der Waals surface area contributed by atoms with Gasteiger partial charge < -0.3 is 0 Å². The molecule has 0 saturated heterocycles. The predicted molar refractivity (Wildman–Crippen MR) is 95.5 cm³/mol. The van der Waals surface area contributed by atoms with Gasteiger partial charge in [0.05, 0.1) is 22.0 Å². The quantitative estimate of drug-likeness (QED) is 0.526. The Labute approximate surface area is 152 Å². The van der Waals surface area contributed by atoms with Gasteiger partial charge in [-0.15, -0.1) is 0 Å². The lowest BCUT2D eigenvalue weighted by molar-refractivity contribution is 0.0950. The molecule has 2 N–H and O–H groups in total. The minimum atomic E-state index is -0.534. The molecule has 0 spiro atoms. The minimum absolute atomic E-state index is 0.0887. The fourth-order valence-electron chi connectivity index (χ4n) is 2.09. The van der Waals surface area contributed by atoms with Crippen molar-refractivity contribution in [1.82, 2.24) is 15.6 Å². The van der Waals surface area contributed by atoms with Crippen molar-refractivity contribution in [1.29, 1.82) is 0 Å². The number of carbonyl (C=O) groups is 1. The summed E-state index contributed by atoms with van der Waals surface area (Å²) in [6.45, 7) is 0. The van der Waals surface area contributed by atoms with E-state index in [0.29, 0.717) is 16.3 Å². The van der Waals surface area contributed by atoms with Crippen LogP contribution >= 0.6 is 23.2 Å². The second-order valence-corrected chi connectivity index (χ2v) is 5.80. The van der Waals surface area contributed by atoms with Gasteiger partial charge in [0.15, 0.2) is 0 Å². The molecule has 1 heterocycles. The smallest absolute Gasteiger partial charge is 0.272 e. The highest BCUT2D eigenvalue weighted by Crippen LogP contribution is 2.26. The molecule has 126 valence electrons. The zero-order chi connectivity index (χ0) is 17.8. The van der Waals surface area contributed by atoms with Crippen LogP contribution in [-0.2, 0) is 0 Å². The number of hydrogen-bond donors (Lipinski definition) is 2. The third kappa shape index (κ3) is 3.87. The van der Waals surface area contributed by atoms with Gasteiger partial charge in [-0.05, 0) is 24.3 Å². The highest BCUT2D eigenvalue weighted by molar-refractivity contribution is 6.33. The fraction of sp³-hybridized carbons (Fsp3) is 0. The van der Waals surface area contributed by atoms with E-state index in [1.54, 1.807) is 24.3 Å². The van der Waals surface area contributed by atoms with Crippen LogP contribution < -0.4 is 5.43 Å². The van der Waals surface area contributed by atoms with Crippen molar-refractivity contribution in [2.24, 2.45) is 5.10 Å². The Morgan fingerprint density at radius 2 is 1.92 bits per heavy atom. The van der Waals surface area contributed by atoms with Gasteiger partial charge in [-0.3, -0.25) is 9.89 Å². The largest absolute Gasteiger partial charge is 0.289 e. The highest BCUT2D eigenvalue weighted by Gasteiger charge is 2.12. The number of aromatic nitrogens is 2. The van der Waals surface area contributed by atoms with Crippen LogP contribution in [0.3, 0.4) is 0 Å². The molecule has 0 unspecified atom stereocenters. The third-order valence-corrected chi connectivity index (χ3v) is 3.99. The van der Waals surface area contributed by atoms with Crippen molar-refractivity contribution in [2.45, 2.75) is 0 Å². The Morgan fingerprint density at radius 1 is 1.16 bits per heavy atom. The molecule has 3 aromatic rings. The topological polar surface area (TPSA) is 70.1 Å². The maximum absolute atomic E-state index is 13.6. The minimum Gasteiger partial charge on any atom is -0.272 e. The van der Waals surface area contributed by atoms with Crippen molar-refractivity contribution in [3.05, 3.63) is 75.7 Å². The number of amides is 1. The standard InChI is InChI=1S/C17H11Cl2FN4O/c18-12-5-2-1-4-10(12)15-8-16(23-22-15)17(25)24-21-9-11-13(19)6-3-7-14(11)20/h1-9H,(H,22,23)(H,24,25)/b21-9-. The lowest BCUT2D eigenvalue weighted by atomic mass is 10.1. The van der Waals surface area contributed by atoms with Crippen molar-refractivity contribution in [3.63, 3.8) is 0 Å². The molecule has 0 fully saturated rings.